The Balaban J connectivity index is 1.74. The average molecular weight is 548 g/mol. The molecular formula is C25H18F6N6O2. The van der Waals surface area contributed by atoms with Crippen molar-refractivity contribution < 1.29 is 31.1 Å². The molecule has 0 atom stereocenters. The van der Waals surface area contributed by atoms with Crippen molar-refractivity contribution in [3.8, 4) is 22.6 Å². The second-order valence-electron chi connectivity index (χ2n) is 8.06. The van der Waals surface area contributed by atoms with E-state index in [1.54, 1.807) is 0 Å². The van der Waals surface area contributed by atoms with E-state index in [4.69, 9.17) is 5.73 Å². The molecule has 202 valence electrons. The molecule has 0 fully saturated rings. The molecule has 0 radical (unpaired) electrons. The zero-order valence-corrected chi connectivity index (χ0v) is 19.9. The predicted molar refractivity (Wildman–Crippen MR) is 130 cm³/mol. The maximum Gasteiger partial charge on any atom is 0.573 e. The largest absolute Gasteiger partial charge is 0.573 e. The molecule has 4 aromatic rings. The zero-order valence-electron chi connectivity index (χ0n) is 19.9. The van der Waals surface area contributed by atoms with Gasteiger partial charge in [0.1, 0.15) is 17.3 Å². The third kappa shape index (κ3) is 6.71. The summed E-state index contributed by atoms with van der Waals surface area (Å²) in [5, 5.41) is 7.69. The normalized spacial score (nSPS) is 12.7. The second kappa shape index (κ2) is 10.8. The van der Waals surface area contributed by atoms with Crippen LogP contribution >= 0.6 is 0 Å². The highest BCUT2D eigenvalue weighted by molar-refractivity contribution is 6.08. The van der Waals surface area contributed by atoms with Crippen molar-refractivity contribution >= 4 is 11.4 Å². The van der Waals surface area contributed by atoms with Crippen molar-refractivity contribution in [3.05, 3.63) is 101 Å². The first-order chi connectivity index (χ1) is 18.4. The monoisotopic (exact) mass is 548 g/mol. The maximum absolute atomic E-state index is 15.1. The predicted octanol–water partition coefficient (Wildman–Crippen LogP) is 5.51. The summed E-state index contributed by atoms with van der Waals surface area (Å²) in [6.07, 6.45) is -0.210. The number of aromatic nitrogens is 4. The van der Waals surface area contributed by atoms with Crippen LogP contribution < -0.4 is 15.9 Å². The van der Waals surface area contributed by atoms with E-state index in [0.29, 0.717) is 4.68 Å². The number of nitrogens with two attached hydrogens (primary N) is 1. The molecule has 4 rings (SSSR count). The van der Waals surface area contributed by atoms with Crippen molar-refractivity contribution in [3.63, 3.8) is 0 Å². The standard InChI is InChI=1S/C25H18F6N6O2/c1-14(32)9-20(34-17-3-2-4-18(11-17)39-25(29,30)31)23-22(38)7-8-36(35-23)21-6-5-15(10-19(21)26)16-12-33-37(13-16)24(27)28/h2-13,24H,32H2,1H3. The first-order valence-corrected chi connectivity index (χ1v) is 11.0. The molecule has 0 aliphatic carbocycles. The molecule has 2 aromatic carbocycles. The van der Waals surface area contributed by atoms with Crippen molar-refractivity contribution in [2.75, 3.05) is 0 Å². The van der Waals surface area contributed by atoms with E-state index in [1.165, 1.54) is 43.5 Å². The molecule has 0 spiro atoms. The maximum atomic E-state index is 15.1. The van der Waals surface area contributed by atoms with Crippen LogP contribution in [0.5, 0.6) is 5.75 Å². The van der Waals surface area contributed by atoms with E-state index >= 15 is 4.39 Å². The highest BCUT2D eigenvalue weighted by Crippen LogP contribution is 2.27. The lowest BCUT2D eigenvalue weighted by atomic mass is 10.1. The van der Waals surface area contributed by atoms with E-state index < -0.39 is 29.9 Å². The highest BCUT2D eigenvalue weighted by Gasteiger charge is 2.31. The fourth-order valence-corrected chi connectivity index (χ4v) is 3.44. The lowest BCUT2D eigenvalue weighted by Crippen LogP contribution is -2.21. The van der Waals surface area contributed by atoms with Crippen LogP contribution in [0.15, 0.2) is 88.7 Å². The Morgan fingerprint density at radius 2 is 1.90 bits per heavy atom. The lowest BCUT2D eigenvalue weighted by Gasteiger charge is -2.11. The highest BCUT2D eigenvalue weighted by atomic mass is 19.4. The number of alkyl halides is 5. The van der Waals surface area contributed by atoms with Crippen molar-refractivity contribution in [1.82, 2.24) is 19.6 Å². The van der Waals surface area contributed by atoms with Gasteiger partial charge in [0.25, 0.3) is 0 Å². The minimum atomic E-state index is -4.92. The molecule has 8 nitrogen and oxygen atoms in total. The van der Waals surface area contributed by atoms with E-state index in [9.17, 15) is 26.7 Å². The van der Waals surface area contributed by atoms with Crippen molar-refractivity contribution in [2.45, 2.75) is 19.8 Å². The fraction of sp³-hybridized carbons (Fsp3) is 0.120. The van der Waals surface area contributed by atoms with Gasteiger partial charge >= 0.3 is 12.9 Å². The molecule has 0 aliphatic heterocycles. The van der Waals surface area contributed by atoms with Gasteiger partial charge in [0.05, 0.1) is 17.6 Å². The summed E-state index contributed by atoms with van der Waals surface area (Å²) in [5.74, 6) is -1.32. The molecule has 14 heteroatoms. The minimum absolute atomic E-state index is 0.000676. The van der Waals surface area contributed by atoms with Gasteiger partial charge in [-0.1, -0.05) is 12.1 Å². The van der Waals surface area contributed by atoms with Gasteiger partial charge in [-0.15, -0.1) is 13.2 Å². The Bertz CT molecular complexity index is 1620. The molecule has 2 N–H and O–H groups in total. The summed E-state index contributed by atoms with van der Waals surface area (Å²) in [7, 11) is 0. The van der Waals surface area contributed by atoms with Crippen LogP contribution in [-0.4, -0.2) is 31.6 Å². The van der Waals surface area contributed by atoms with Crippen LogP contribution in [0, 0.1) is 5.82 Å². The molecule has 0 aliphatic rings. The summed E-state index contributed by atoms with van der Waals surface area (Å²) >= 11 is 0. The molecule has 2 aromatic heterocycles. The van der Waals surface area contributed by atoms with Crippen LogP contribution in [0.3, 0.4) is 0 Å². The smallest absolute Gasteiger partial charge is 0.406 e. The average Bonchev–Trinajstić information content (AvgIpc) is 3.34. The summed E-state index contributed by atoms with van der Waals surface area (Å²) in [6.45, 7) is -1.36. The number of nitrogens with zero attached hydrogens (tertiary/aromatic N) is 5. The van der Waals surface area contributed by atoms with Gasteiger partial charge in [0, 0.05) is 35.8 Å². The molecule has 2 heterocycles. The zero-order chi connectivity index (χ0) is 28.3. The Labute approximate surface area is 216 Å². The first kappa shape index (κ1) is 27.2. The number of hydrogen-bond acceptors (Lipinski definition) is 6. The van der Waals surface area contributed by atoms with Crippen LogP contribution in [-0.2, 0) is 0 Å². The molecule has 39 heavy (non-hydrogen) atoms. The second-order valence-corrected chi connectivity index (χ2v) is 8.06. The topological polar surface area (TPSA) is 100 Å². The van der Waals surface area contributed by atoms with Gasteiger partial charge in [0.2, 0.25) is 5.43 Å². The Morgan fingerprint density at radius 3 is 2.54 bits per heavy atom. The van der Waals surface area contributed by atoms with Crippen molar-refractivity contribution in [1.29, 1.82) is 0 Å². The molecule has 0 amide bonds. The third-order valence-electron chi connectivity index (χ3n) is 5.05. The number of hydrogen-bond donors (Lipinski definition) is 1. The van der Waals surface area contributed by atoms with Gasteiger partial charge < -0.3 is 10.5 Å². The van der Waals surface area contributed by atoms with E-state index in [1.807, 2.05) is 0 Å². The van der Waals surface area contributed by atoms with Gasteiger partial charge in [-0.25, -0.2) is 18.7 Å². The van der Waals surface area contributed by atoms with Crippen LogP contribution in [0.2, 0.25) is 0 Å². The van der Waals surface area contributed by atoms with Gasteiger partial charge in [-0.3, -0.25) is 4.79 Å². The lowest BCUT2D eigenvalue weighted by molar-refractivity contribution is -0.274. The minimum Gasteiger partial charge on any atom is -0.406 e. The number of ether oxygens (including phenoxy) is 1. The Morgan fingerprint density at radius 1 is 1.13 bits per heavy atom. The molecule has 0 saturated carbocycles. The molecule has 0 bridgehead atoms. The summed E-state index contributed by atoms with van der Waals surface area (Å²) in [5.41, 5.74) is 5.41. The summed E-state index contributed by atoms with van der Waals surface area (Å²) in [4.78, 5) is 16.9. The van der Waals surface area contributed by atoms with Crippen LogP contribution in [0.25, 0.3) is 16.8 Å². The molecule has 0 saturated heterocycles. The number of aliphatic imine (C=N–C) groups is 1. The van der Waals surface area contributed by atoms with E-state index in [0.717, 1.165) is 41.3 Å². The fourth-order valence-electron chi connectivity index (χ4n) is 3.44. The van der Waals surface area contributed by atoms with Gasteiger partial charge in [-0.2, -0.15) is 19.0 Å². The SMILES string of the molecule is CC(N)=CC(=Nc1cccc(OC(F)(F)F)c1)c1nn(-c2ccc(-c3cnn(C(F)F)c3)cc2F)ccc1=O. The summed E-state index contributed by atoms with van der Waals surface area (Å²) in [6, 6.07) is 9.69. The third-order valence-corrected chi connectivity index (χ3v) is 5.05. The van der Waals surface area contributed by atoms with Gasteiger partial charge in [0.15, 0.2) is 5.69 Å². The summed E-state index contributed by atoms with van der Waals surface area (Å²) < 4.78 is 83.9. The van der Waals surface area contributed by atoms with E-state index in [-0.39, 0.29) is 39.6 Å². The number of benzene rings is 2. The first-order valence-electron chi connectivity index (χ1n) is 11.0. The van der Waals surface area contributed by atoms with E-state index in [2.05, 4.69) is 19.9 Å². The van der Waals surface area contributed by atoms with Gasteiger partial charge in [-0.05, 0) is 42.8 Å². The quantitative estimate of drug-likeness (QED) is 0.243. The number of allylic oxidation sites excluding steroid dienone is 2. The van der Waals surface area contributed by atoms with Crippen LogP contribution in [0.4, 0.5) is 32.0 Å². The Hall–Kier alpha value is -4.88. The van der Waals surface area contributed by atoms with Crippen LogP contribution in [0.1, 0.15) is 19.2 Å². The molecule has 0 unspecified atom stereocenters. The number of rotatable bonds is 7. The Kier molecular flexibility index (Phi) is 7.56. The molecular weight excluding hydrogens is 530 g/mol. The van der Waals surface area contributed by atoms with Crippen molar-refractivity contribution in [2.24, 2.45) is 10.7 Å². The number of halogens is 6.